The van der Waals surface area contributed by atoms with Crippen LogP contribution in [0.1, 0.15) is 0 Å². The van der Waals surface area contributed by atoms with Crippen LogP contribution in [0.3, 0.4) is 0 Å². The molecule has 10 unspecified atom stereocenters. The molecule has 5 rings (SSSR count). The third-order valence-electron chi connectivity index (χ3n) is 7.15. The van der Waals surface area contributed by atoms with Gasteiger partial charge in [-0.1, -0.05) is 0 Å². The normalized spacial score (nSPS) is 33.5. The van der Waals surface area contributed by atoms with Crippen molar-refractivity contribution < 1.29 is 74.4 Å². The van der Waals surface area contributed by atoms with Gasteiger partial charge in [-0.2, -0.15) is 0 Å². The molecule has 10 atom stereocenters. The number of hydrogen-bond acceptors (Lipinski definition) is 14. The van der Waals surface area contributed by atoms with E-state index in [0.29, 0.717) is 5.56 Å². The molecule has 0 bridgehead atoms. The van der Waals surface area contributed by atoms with Crippen LogP contribution in [-0.2, 0) is 14.2 Å². The molecule has 0 aliphatic carbocycles. The van der Waals surface area contributed by atoms with Crippen LogP contribution < -0.4 is 4.74 Å². The topological polar surface area (TPSA) is 251 Å². The number of aliphatic hydroxyl groups is 7. The van der Waals surface area contributed by atoms with Crippen molar-refractivity contribution in [2.75, 3.05) is 13.2 Å². The Morgan fingerprint density at radius 2 is 1.31 bits per heavy atom. The zero-order valence-electron chi connectivity index (χ0n) is 21.7. The Morgan fingerprint density at radius 3 is 1.95 bits per heavy atom. The van der Waals surface area contributed by atoms with Crippen molar-refractivity contribution in [3.8, 4) is 34.3 Å². The van der Waals surface area contributed by atoms with E-state index in [-0.39, 0.29) is 39.7 Å². The van der Waals surface area contributed by atoms with Gasteiger partial charge in [0.2, 0.25) is 12.0 Å². The Kier molecular flexibility index (Phi) is 8.68. The summed E-state index contributed by atoms with van der Waals surface area (Å²) in [6, 6.07) is 9.32. The van der Waals surface area contributed by atoms with Crippen LogP contribution in [-0.4, -0.2) is 126 Å². The van der Waals surface area contributed by atoms with Crippen LogP contribution in [0, 0.1) is 0 Å². The van der Waals surface area contributed by atoms with E-state index in [0.717, 1.165) is 6.07 Å². The molecule has 2 saturated heterocycles. The van der Waals surface area contributed by atoms with Gasteiger partial charge in [-0.15, -0.1) is 0 Å². The first-order valence-electron chi connectivity index (χ1n) is 12.9. The zero-order valence-corrected chi connectivity index (χ0v) is 21.7. The highest BCUT2D eigenvalue weighted by molar-refractivity contribution is 5.88. The molecule has 0 spiro atoms. The van der Waals surface area contributed by atoms with Crippen LogP contribution in [0.15, 0.2) is 46.9 Å². The van der Waals surface area contributed by atoms with Gasteiger partial charge in [-0.25, -0.2) is 4.42 Å². The third kappa shape index (κ3) is 5.67. The molecular formula is C27H31O15+. The highest BCUT2D eigenvalue weighted by Crippen LogP contribution is 2.41. The van der Waals surface area contributed by atoms with Gasteiger partial charge < -0.3 is 70.0 Å². The molecule has 10 N–H and O–H groups in total. The van der Waals surface area contributed by atoms with E-state index < -0.39 is 74.6 Å². The van der Waals surface area contributed by atoms with Crippen LogP contribution in [0.4, 0.5) is 0 Å². The smallest absolute Gasteiger partial charge is 0.402 e. The lowest BCUT2D eigenvalue weighted by Crippen LogP contribution is -2.65. The minimum Gasteiger partial charge on any atom is -0.508 e. The number of phenols is 3. The summed E-state index contributed by atoms with van der Waals surface area (Å²) in [5.41, 5.74) is 0.402. The molecule has 15 heteroatoms. The Bertz CT molecular complexity index is 1380. The fourth-order valence-corrected chi connectivity index (χ4v) is 4.84. The summed E-state index contributed by atoms with van der Waals surface area (Å²) in [4.78, 5) is 0. The van der Waals surface area contributed by atoms with Gasteiger partial charge >= 0.3 is 11.3 Å². The van der Waals surface area contributed by atoms with E-state index in [1.54, 1.807) is 0 Å². The molecule has 2 aliphatic heterocycles. The van der Waals surface area contributed by atoms with Crippen LogP contribution in [0.5, 0.6) is 23.0 Å². The number of aromatic hydroxyl groups is 3. The monoisotopic (exact) mass is 595 g/mol. The standard InChI is InChI=1S/C27H30O15/c28-8-17-19(33)21(35)23(37)26(40-17)42-25-22(36)20(34)18(9-29)41-27(25)39-16-7-13-14(32)5-12(31)6-15(13)38-24(16)10-1-3-11(30)4-2-10/h1-7,17-23,25-29,33-37H,8-9H2,(H2-,30,31,32)/p+1. The maximum absolute atomic E-state index is 10.9. The minimum atomic E-state index is -1.86. The van der Waals surface area contributed by atoms with Crippen LogP contribution in [0.2, 0.25) is 0 Å². The summed E-state index contributed by atoms with van der Waals surface area (Å²) in [6.45, 7) is -1.50. The first-order chi connectivity index (χ1) is 20.0. The highest BCUT2D eigenvalue weighted by Gasteiger charge is 2.51. The maximum Gasteiger partial charge on any atom is 0.402 e. The fourth-order valence-electron chi connectivity index (χ4n) is 4.84. The average molecular weight is 596 g/mol. The lowest BCUT2D eigenvalue weighted by Gasteiger charge is -2.45. The van der Waals surface area contributed by atoms with E-state index in [9.17, 15) is 51.1 Å². The molecular weight excluding hydrogens is 564 g/mol. The van der Waals surface area contributed by atoms with Crippen molar-refractivity contribution in [1.29, 1.82) is 0 Å². The average Bonchev–Trinajstić information content (AvgIpc) is 2.97. The largest absolute Gasteiger partial charge is 0.508 e. The summed E-state index contributed by atoms with van der Waals surface area (Å²) in [7, 11) is 0. The zero-order chi connectivity index (χ0) is 30.3. The molecule has 3 heterocycles. The molecule has 3 aromatic rings. The Labute approximate surface area is 237 Å². The van der Waals surface area contributed by atoms with Crippen molar-refractivity contribution in [2.45, 2.75) is 61.4 Å². The van der Waals surface area contributed by atoms with Gasteiger partial charge in [-0.3, -0.25) is 0 Å². The van der Waals surface area contributed by atoms with Crippen LogP contribution >= 0.6 is 0 Å². The van der Waals surface area contributed by atoms with Crippen molar-refractivity contribution in [3.63, 3.8) is 0 Å². The van der Waals surface area contributed by atoms with Gasteiger partial charge in [0.25, 0.3) is 0 Å². The number of aliphatic hydroxyl groups excluding tert-OH is 7. The summed E-state index contributed by atoms with van der Waals surface area (Å²) in [6.07, 6.45) is -16.7. The van der Waals surface area contributed by atoms with E-state index in [1.807, 2.05) is 0 Å². The number of ether oxygens (including phenoxy) is 4. The van der Waals surface area contributed by atoms with E-state index >= 15 is 0 Å². The van der Waals surface area contributed by atoms with Crippen molar-refractivity contribution >= 4 is 11.0 Å². The van der Waals surface area contributed by atoms with Crippen molar-refractivity contribution in [2.24, 2.45) is 0 Å². The van der Waals surface area contributed by atoms with Crippen molar-refractivity contribution in [3.05, 3.63) is 42.5 Å². The minimum absolute atomic E-state index is 0.00357. The second-order valence-electron chi connectivity index (χ2n) is 9.99. The molecule has 2 aromatic carbocycles. The number of rotatable bonds is 7. The number of benzene rings is 2. The molecule has 0 radical (unpaired) electrons. The molecule has 2 aliphatic rings. The van der Waals surface area contributed by atoms with Gasteiger partial charge in [0.05, 0.1) is 24.8 Å². The Balaban J connectivity index is 1.55. The highest BCUT2D eigenvalue weighted by atomic mass is 16.8. The summed E-state index contributed by atoms with van der Waals surface area (Å²) < 4.78 is 28.8. The van der Waals surface area contributed by atoms with Gasteiger partial charge in [0.15, 0.2) is 12.4 Å². The van der Waals surface area contributed by atoms with Gasteiger partial charge in [0.1, 0.15) is 65.4 Å². The Morgan fingerprint density at radius 1 is 0.690 bits per heavy atom. The summed E-state index contributed by atoms with van der Waals surface area (Å²) in [5.74, 6) is -0.840. The second-order valence-corrected chi connectivity index (χ2v) is 9.99. The van der Waals surface area contributed by atoms with Gasteiger partial charge in [-0.05, 0) is 24.3 Å². The molecule has 0 amide bonds. The summed E-state index contributed by atoms with van der Waals surface area (Å²) >= 11 is 0. The summed E-state index contributed by atoms with van der Waals surface area (Å²) in [5, 5.41) is 102. The number of phenolic OH excluding ortho intramolecular Hbond substituents is 3. The number of hydrogen-bond donors (Lipinski definition) is 10. The van der Waals surface area contributed by atoms with E-state index in [2.05, 4.69) is 0 Å². The molecule has 228 valence electrons. The quantitative estimate of drug-likeness (QED) is 0.140. The first-order valence-corrected chi connectivity index (χ1v) is 12.9. The fraction of sp³-hybridized carbons (Fsp3) is 0.444. The van der Waals surface area contributed by atoms with E-state index in [1.165, 1.54) is 36.4 Å². The lowest BCUT2D eigenvalue weighted by atomic mass is 9.97. The predicted octanol–water partition coefficient (Wildman–Crippen LogP) is -1.50. The predicted molar refractivity (Wildman–Crippen MR) is 138 cm³/mol. The Hall–Kier alpha value is -3.35. The molecule has 2 fully saturated rings. The number of fused-ring (bicyclic) bond motifs is 1. The maximum atomic E-state index is 10.9. The van der Waals surface area contributed by atoms with Crippen LogP contribution in [0.25, 0.3) is 22.3 Å². The molecule has 1 aromatic heterocycles. The van der Waals surface area contributed by atoms with Gasteiger partial charge in [0, 0.05) is 12.1 Å². The van der Waals surface area contributed by atoms with Crippen molar-refractivity contribution in [1.82, 2.24) is 0 Å². The lowest BCUT2D eigenvalue weighted by molar-refractivity contribution is -0.357. The molecule has 15 nitrogen and oxygen atoms in total. The third-order valence-corrected chi connectivity index (χ3v) is 7.15. The first kappa shape index (κ1) is 30.1. The molecule has 42 heavy (non-hydrogen) atoms. The second kappa shape index (κ2) is 12.1. The van der Waals surface area contributed by atoms with E-state index in [4.69, 9.17) is 23.4 Å². The molecule has 0 saturated carbocycles. The SMILES string of the molecule is OCC1OC(OC2C(Oc3cc4c(O)cc(O)cc4[o+]c3-c3ccc(O)cc3)OC(CO)C(O)C2O)C(O)C(O)C1O.